The van der Waals surface area contributed by atoms with Gasteiger partial charge in [-0.25, -0.2) is 0 Å². The SMILES string of the molecule is C=CCCC(C)(CC)c1ccc(-c2sc(-c3c4c(c(-c5cc(C)c(-c6ccc(C7=C8C(=O)N(CC(C)CCCCCCCC)C(C(C)(CC)CCCCC)=C8C(=O)N7CC(C)C)s6)s5)c5nsnc35)N=S=N4)cc2C)s1. The molecule has 0 aliphatic carbocycles. The van der Waals surface area contributed by atoms with Crippen molar-refractivity contribution in [3.63, 3.8) is 0 Å². The Balaban J connectivity index is 1.08. The molecule has 3 aliphatic rings. The lowest BCUT2D eigenvalue weighted by Gasteiger charge is -2.37. The van der Waals surface area contributed by atoms with E-state index in [1.807, 2.05) is 33.6 Å². The third kappa shape index (κ3) is 10.8. The molecule has 2 amide bonds. The van der Waals surface area contributed by atoms with Crippen LogP contribution in [0.1, 0.15) is 180 Å². The molecule has 0 spiro atoms. The molecule has 404 valence electrons. The summed E-state index contributed by atoms with van der Waals surface area (Å²) in [5, 5.41) is 0. The van der Waals surface area contributed by atoms with Gasteiger partial charge in [-0.2, -0.15) is 17.5 Å². The molecule has 9 rings (SSSR count). The lowest BCUT2D eigenvalue weighted by atomic mass is 9.77. The molecule has 6 aromatic rings. The van der Waals surface area contributed by atoms with Crippen LogP contribution in [0.4, 0.5) is 11.4 Å². The van der Waals surface area contributed by atoms with Gasteiger partial charge >= 0.3 is 0 Å². The summed E-state index contributed by atoms with van der Waals surface area (Å²) < 4.78 is 20.0. The number of benzene rings is 1. The highest BCUT2D eigenvalue weighted by Crippen LogP contribution is 2.58. The monoisotopic (exact) mass is 1130 g/mol. The lowest BCUT2D eigenvalue weighted by molar-refractivity contribution is -0.125. The molecule has 3 aliphatic heterocycles. The van der Waals surface area contributed by atoms with E-state index in [9.17, 15) is 0 Å². The van der Waals surface area contributed by atoms with Crippen molar-refractivity contribution in [3.05, 3.63) is 86.8 Å². The second kappa shape index (κ2) is 24.0. The van der Waals surface area contributed by atoms with E-state index in [-0.39, 0.29) is 28.6 Å². The van der Waals surface area contributed by atoms with Gasteiger partial charge in [0.1, 0.15) is 22.4 Å². The molecule has 3 unspecified atom stereocenters. The van der Waals surface area contributed by atoms with Gasteiger partial charge in [0.2, 0.25) is 0 Å². The second-order valence-corrected chi connectivity index (χ2v) is 28.0. The molecule has 0 bridgehead atoms. The Morgan fingerprint density at radius 3 is 1.80 bits per heavy atom. The fourth-order valence-corrected chi connectivity index (χ4v) is 17.8. The van der Waals surface area contributed by atoms with Gasteiger partial charge in [-0.3, -0.25) is 9.59 Å². The molecule has 5 aromatic heterocycles. The average Bonchev–Trinajstić information content (AvgIpc) is 4.35. The van der Waals surface area contributed by atoms with Crippen LogP contribution in [0.5, 0.6) is 0 Å². The highest BCUT2D eigenvalue weighted by Gasteiger charge is 2.53. The van der Waals surface area contributed by atoms with Gasteiger partial charge in [-0.1, -0.05) is 126 Å². The maximum atomic E-state index is 15.4. The Labute approximate surface area is 477 Å². The number of allylic oxidation sites excluding steroid dienone is 2. The maximum absolute atomic E-state index is 15.4. The summed E-state index contributed by atoms with van der Waals surface area (Å²) in [6.45, 7) is 30.0. The quantitative estimate of drug-likeness (QED) is 0.0379. The van der Waals surface area contributed by atoms with Crippen molar-refractivity contribution in [1.82, 2.24) is 18.5 Å². The zero-order chi connectivity index (χ0) is 54.1. The molecule has 3 atom stereocenters. The highest BCUT2D eigenvalue weighted by atomic mass is 32.1. The molecule has 76 heavy (non-hydrogen) atoms. The van der Waals surface area contributed by atoms with Crippen LogP contribution in [0, 0.1) is 31.1 Å². The minimum Gasteiger partial charge on any atom is -0.310 e. The van der Waals surface area contributed by atoms with Crippen LogP contribution in [0.25, 0.3) is 57.1 Å². The van der Waals surface area contributed by atoms with Gasteiger partial charge in [0.15, 0.2) is 0 Å². The van der Waals surface area contributed by atoms with E-state index in [1.54, 1.807) is 22.7 Å². The molecular weight excluding hydrogens is 1050 g/mol. The van der Waals surface area contributed by atoms with Crippen molar-refractivity contribution in [3.8, 4) is 40.4 Å². The first-order valence-corrected chi connectivity index (χ1v) is 32.9. The number of carbonyl (C=O) groups is 2. The van der Waals surface area contributed by atoms with E-state index in [1.165, 1.54) is 81.8 Å². The van der Waals surface area contributed by atoms with Gasteiger partial charge < -0.3 is 9.80 Å². The normalized spacial score (nSPS) is 16.5. The summed E-state index contributed by atoms with van der Waals surface area (Å²) >= 11 is 9.64. The number of rotatable bonds is 27. The number of fused-ring (bicyclic) bond motifs is 3. The summed E-state index contributed by atoms with van der Waals surface area (Å²) in [6.07, 6.45) is 18.9. The minimum atomic E-state index is -0.307. The van der Waals surface area contributed by atoms with E-state index in [0.717, 1.165) is 133 Å². The number of thiophene rings is 4. The third-order valence-corrected chi connectivity index (χ3v) is 22.8. The summed E-state index contributed by atoms with van der Waals surface area (Å²) in [5.74, 6) is 0.527. The number of hydrogen-bond acceptors (Lipinski definition) is 11. The summed E-state index contributed by atoms with van der Waals surface area (Å²) in [6, 6.07) is 13.5. The fourth-order valence-electron chi connectivity index (χ4n) is 11.6. The van der Waals surface area contributed by atoms with E-state index < -0.39 is 0 Å². The molecule has 0 N–H and O–H groups in total. The van der Waals surface area contributed by atoms with Gasteiger partial charge in [0, 0.05) is 74.9 Å². The van der Waals surface area contributed by atoms with Crippen molar-refractivity contribution in [2.45, 2.75) is 178 Å². The number of nitrogens with zero attached hydrogens (tertiary/aromatic N) is 6. The number of hydrogen-bond donors (Lipinski definition) is 0. The predicted octanol–water partition coefficient (Wildman–Crippen LogP) is 20.3. The number of carbonyl (C=O) groups excluding carboxylic acids is 2. The van der Waals surface area contributed by atoms with Crippen molar-refractivity contribution >= 4 is 108 Å². The molecule has 14 heteroatoms. The number of aryl methyl sites for hydroxylation is 2. The molecule has 8 heterocycles. The molecule has 8 nitrogen and oxygen atoms in total. The maximum Gasteiger partial charge on any atom is 0.261 e. The number of unbranched alkanes of at least 4 members (excludes halogenated alkanes) is 7. The zero-order valence-corrected chi connectivity index (χ0v) is 51.8. The van der Waals surface area contributed by atoms with Crippen LogP contribution in [-0.4, -0.2) is 43.5 Å². The number of aromatic nitrogens is 2. The van der Waals surface area contributed by atoms with Crippen LogP contribution >= 0.6 is 57.1 Å². The van der Waals surface area contributed by atoms with Crippen LogP contribution < -0.4 is 0 Å². The topological polar surface area (TPSA) is 91.1 Å². The van der Waals surface area contributed by atoms with Crippen LogP contribution in [0.3, 0.4) is 0 Å². The van der Waals surface area contributed by atoms with Gasteiger partial charge in [0.05, 0.1) is 44.8 Å². The number of amides is 2. The van der Waals surface area contributed by atoms with E-state index in [2.05, 4.69) is 124 Å². The molecule has 0 saturated heterocycles. The Kier molecular flexibility index (Phi) is 17.9. The summed E-state index contributed by atoms with van der Waals surface area (Å²) in [7, 11) is 0. The first kappa shape index (κ1) is 56.5. The van der Waals surface area contributed by atoms with Crippen molar-refractivity contribution in [1.29, 1.82) is 0 Å². The average molecular weight is 1130 g/mol. The fraction of sp³-hybridized carbons (Fsp3) is 0.516. The summed E-state index contributed by atoms with van der Waals surface area (Å²) in [5.41, 5.74) is 10.6. The first-order valence-electron chi connectivity index (χ1n) is 28.2. The minimum absolute atomic E-state index is 0.00311. The van der Waals surface area contributed by atoms with Crippen LogP contribution in [-0.2, 0) is 26.4 Å². The molecule has 0 fully saturated rings. The lowest BCUT2D eigenvalue weighted by Crippen LogP contribution is -2.39. The van der Waals surface area contributed by atoms with Crippen molar-refractivity contribution in [2.24, 2.45) is 26.0 Å². The van der Waals surface area contributed by atoms with Crippen molar-refractivity contribution in [2.75, 3.05) is 13.1 Å². The Bertz CT molecular complexity index is 3280. The van der Waals surface area contributed by atoms with E-state index in [4.69, 9.17) is 17.5 Å². The largest absolute Gasteiger partial charge is 0.310 e. The zero-order valence-electron chi connectivity index (χ0n) is 46.9. The molecule has 0 saturated carbocycles. The van der Waals surface area contributed by atoms with Crippen LogP contribution in [0.15, 0.2) is 74.6 Å². The highest BCUT2D eigenvalue weighted by molar-refractivity contribution is 7.58. The molecule has 1 aromatic carbocycles. The van der Waals surface area contributed by atoms with E-state index in [0.29, 0.717) is 30.2 Å². The Hall–Kier alpha value is -4.18. The first-order chi connectivity index (χ1) is 36.6. The van der Waals surface area contributed by atoms with Gasteiger partial charge in [0.25, 0.3) is 11.8 Å². The smallest absolute Gasteiger partial charge is 0.261 e. The second-order valence-electron chi connectivity index (χ2n) is 22.7. The van der Waals surface area contributed by atoms with Gasteiger partial charge in [-0.05, 0) is 112 Å². The Morgan fingerprint density at radius 1 is 0.632 bits per heavy atom. The third-order valence-electron chi connectivity index (χ3n) is 16.4. The van der Waals surface area contributed by atoms with Gasteiger partial charge in [-0.15, -0.1) is 51.9 Å². The summed E-state index contributed by atoms with van der Waals surface area (Å²) in [4.78, 5) is 44.1. The molecular formula is C62H78N6O2S6. The standard InChI is InChI=1S/C62H78N6O2S6/c1-13-18-21-22-23-24-26-38(8)36-68-58(62(12,17-5)32-25-19-14-2)50-49(59(68)69)55(67(60(50)70)35-37(6)7)41-27-28-42(71-41)56-39(9)33-44(73-56)47-51-53(65-75-63-51)48(54-52(47)64-76-66-54)45-34-40(10)57(74-45)43-29-30-46(72-43)61(11,16-4)31-20-15-3/h15,27-30,33-34,37-38H,3,13-14,16-26,31-32,35-36H2,1-2,4-12H3. The predicted molar refractivity (Wildman–Crippen MR) is 331 cm³/mol. The van der Waals surface area contributed by atoms with Crippen molar-refractivity contribution < 1.29 is 9.59 Å². The Morgan fingerprint density at radius 2 is 1.20 bits per heavy atom. The van der Waals surface area contributed by atoms with E-state index >= 15 is 9.59 Å². The van der Waals surface area contributed by atoms with Crippen LogP contribution in [0.2, 0.25) is 0 Å². The molecule has 0 radical (unpaired) electrons.